The lowest BCUT2D eigenvalue weighted by Gasteiger charge is -2.31. The number of aromatic nitrogens is 2. The summed E-state index contributed by atoms with van der Waals surface area (Å²) in [6, 6.07) is 4.31. The molecule has 3 rings (SSSR count). The van der Waals surface area contributed by atoms with Gasteiger partial charge in [0.05, 0.1) is 25.3 Å². The molecule has 0 radical (unpaired) electrons. The summed E-state index contributed by atoms with van der Waals surface area (Å²) in [5.74, 6) is -0.140. The summed E-state index contributed by atoms with van der Waals surface area (Å²) in [6.07, 6.45) is -0.493. The number of ether oxygens (including phenoxy) is 2. The first-order chi connectivity index (χ1) is 11.6. The van der Waals surface area contributed by atoms with E-state index in [4.69, 9.17) is 13.9 Å². The Morgan fingerprint density at radius 2 is 2.29 bits per heavy atom. The number of halogens is 1. The quantitative estimate of drug-likeness (QED) is 0.852. The van der Waals surface area contributed by atoms with Gasteiger partial charge in [0.15, 0.2) is 17.7 Å². The molecule has 1 amide bonds. The van der Waals surface area contributed by atoms with E-state index < -0.39 is 11.9 Å². The molecule has 2 aromatic rings. The van der Waals surface area contributed by atoms with Gasteiger partial charge in [0.1, 0.15) is 0 Å². The Morgan fingerprint density at radius 3 is 3.00 bits per heavy atom. The van der Waals surface area contributed by atoms with Gasteiger partial charge in [-0.3, -0.25) is 4.79 Å². The second-order valence-electron chi connectivity index (χ2n) is 5.32. The lowest BCUT2D eigenvalue weighted by molar-refractivity contribution is -0.0350. The molecule has 1 aliphatic heterocycles. The number of hydrogen-bond donors (Lipinski definition) is 0. The summed E-state index contributed by atoms with van der Waals surface area (Å²) < 4.78 is 30.2. The summed E-state index contributed by atoms with van der Waals surface area (Å²) in [6.45, 7) is 4.67. The number of benzene rings is 1. The van der Waals surface area contributed by atoms with Crippen molar-refractivity contribution in [1.82, 2.24) is 15.1 Å². The van der Waals surface area contributed by atoms with Crippen LogP contribution in [0.25, 0.3) is 0 Å². The number of amides is 1. The number of morpholine rings is 1. The number of carbonyl (C=O) groups is 1. The van der Waals surface area contributed by atoms with E-state index in [2.05, 4.69) is 10.2 Å². The zero-order valence-corrected chi connectivity index (χ0v) is 13.5. The van der Waals surface area contributed by atoms with E-state index in [9.17, 15) is 9.18 Å². The smallest absolute Gasteiger partial charge is 0.257 e. The van der Waals surface area contributed by atoms with Crippen molar-refractivity contribution in [3.05, 3.63) is 41.4 Å². The molecule has 128 valence electrons. The van der Waals surface area contributed by atoms with E-state index in [1.807, 2.05) is 0 Å². The Morgan fingerprint density at radius 1 is 1.46 bits per heavy atom. The predicted molar refractivity (Wildman–Crippen MR) is 81.2 cm³/mol. The third-order valence-electron chi connectivity index (χ3n) is 3.66. The van der Waals surface area contributed by atoms with Crippen molar-refractivity contribution in [2.75, 3.05) is 26.3 Å². The zero-order valence-electron chi connectivity index (χ0n) is 13.5. The highest BCUT2D eigenvalue weighted by atomic mass is 19.1. The fourth-order valence-corrected chi connectivity index (χ4v) is 2.56. The molecular weight excluding hydrogens is 317 g/mol. The number of hydrogen-bond acceptors (Lipinski definition) is 6. The molecule has 1 atom stereocenters. The van der Waals surface area contributed by atoms with E-state index >= 15 is 0 Å². The van der Waals surface area contributed by atoms with Crippen LogP contribution in [0.3, 0.4) is 0 Å². The van der Waals surface area contributed by atoms with Crippen molar-refractivity contribution in [2.24, 2.45) is 0 Å². The van der Waals surface area contributed by atoms with Gasteiger partial charge in [0.2, 0.25) is 11.8 Å². The molecule has 1 aromatic carbocycles. The number of nitrogens with zero attached hydrogens (tertiary/aromatic N) is 3. The molecule has 1 aromatic heterocycles. The summed E-state index contributed by atoms with van der Waals surface area (Å²) in [4.78, 5) is 14.4. The molecule has 0 aliphatic carbocycles. The van der Waals surface area contributed by atoms with Gasteiger partial charge in [-0.05, 0) is 19.1 Å². The molecule has 0 spiro atoms. The van der Waals surface area contributed by atoms with Gasteiger partial charge < -0.3 is 18.8 Å². The molecule has 1 fully saturated rings. The van der Waals surface area contributed by atoms with E-state index in [0.29, 0.717) is 24.9 Å². The third-order valence-corrected chi connectivity index (χ3v) is 3.66. The Bertz CT molecular complexity index is 734. The van der Waals surface area contributed by atoms with Crippen molar-refractivity contribution in [1.29, 1.82) is 0 Å². The first-order valence-electron chi connectivity index (χ1n) is 7.72. The van der Waals surface area contributed by atoms with Crippen LogP contribution in [0.4, 0.5) is 4.39 Å². The van der Waals surface area contributed by atoms with Crippen molar-refractivity contribution in [3.8, 4) is 5.75 Å². The zero-order chi connectivity index (χ0) is 17.1. The molecule has 0 saturated carbocycles. The third kappa shape index (κ3) is 3.23. The van der Waals surface area contributed by atoms with Crippen molar-refractivity contribution < 1.29 is 23.1 Å². The van der Waals surface area contributed by atoms with Gasteiger partial charge in [0.25, 0.3) is 5.91 Å². The van der Waals surface area contributed by atoms with Gasteiger partial charge in [-0.15, -0.1) is 10.2 Å². The van der Waals surface area contributed by atoms with Crippen molar-refractivity contribution >= 4 is 5.91 Å². The normalized spacial score (nSPS) is 17.8. The van der Waals surface area contributed by atoms with Crippen LogP contribution in [0.1, 0.15) is 35.2 Å². The average molecular weight is 335 g/mol. The van der Waals surface area contributed by atoms with Crippen LogP contribution in [0.2, 0.25) is 0 Å². The van der Waals surface area contributed by atoms with Crippen LogP contribution in [0.5, 0.6) is 5.75 Å². The monoisotopic (exact) mass is 335 g/mol. The van der Waals surface area contributed by atoms with Crippen molar-refractivity contribution in [3.63, 3.8) is 0 Å². The van der Waals surface area contributed by atoms with Crippen LogP contribution in [0.15, 0.2) is 22.6 Å². The maximum Gasteiger partial charge on any atom is 0.257 e. The number of aryl methyl sites for hydroxylation is 1. The Hall–Kier alpha value is -2.48. The molecule has 7 nitrogen and oxygen atoms in total. The van der Waals surface area contributed by atoms with E-state index in [0.717, 1.165) is 0 Å². The molecular formula is C16H18FN3O4. The SMILES string of the molecule is CCOc1c(F)cccc1C(=O)N1CCO[C@@H](c2nnc(C)o2)C1. The predicted octanol–water partition coefficient (Wildman–Crippen LogP) is 2.13. The van der Waals surface area contributed by atoms with E-state index in [-0.39, 0.29) is 30.4 Å². The molecule has 1 aliphatic rings. The van der Waals surface area contributed by atoms with Gasteiger partial charge in [-0.1, -0.05) is 6.07 Å². The number of para-hydroxylation sites is 1. The van der Waals surface area contributed by atoms with Crippen LogP contribution < -0.4 is 4.74 Å². The Kier molecular flexibility index (Phi) is 4.75. The molecule has 0 unspecified atom stereocenters. The lowest BCUT2D eigenvalue weighted by atomic mass is 10.1. The largest absolute Gasteiger partial charge is 0.490 e. The number of carbonyl (C=O) groups excluding carboxylic acids is 1. The summed E-state index contributed by atoms with van der Waals surface area (Å²) in [7, 11) is 0. The fraction of sp³-hybridized carbons (Fsp3) is 0.438. The molecule has 8 heteroatoms. The topological polar surface area (TPSA) is 77.7 Å². The highest BCUT2D eigenvalue weighted by molar-refractivity contribution is 5.97. The maximum absolute atomic E-state index is 14.0. The van der Waals surface area contributed by atoms with Gasteiger partial charge >= 0.3 is 0 Å². The van der Waals surface area contributed by atoms with Crippen LogP contribution in [0, 0.1) is 12.7 Å². The van der Waals surface area contributed by atoms with Gasteiger partial charge in [0, 0.05) is 13.5 Å². The first kappa shape index (κ1) is 16.4. The molecule has 0 bridgehead atoms. The van der Waals surface area contributed by atoms with E-state index in [1.54, 1.807) is 24.8 Å². The second kappa shape index (κ2) is 6.96. The Labute approximate surface area is 138 Å². The standard InChI is InChI=1S/C16H18FN3O4/c1-3-22-14-11(5-4-6-12(14)17)16(21)20-7-8-23-13(9-20)15-19-18-10(2)24-15/h4-6,13H,3,7-9H2,1-2H3/t13-/m1/s1. The van der Waals surface area contributed by atoms with E-state index in [1.165, 1.54) is 12.1 Å². The molecule has 0 N–H and O–H groups in total. The van der Waals surface area contributed by atoms with Crippen LogP contribution in [-0.4, -0.2) is 47.3 Å². The highest BCUT2D eigenvalue weighted by Gasteiger charge is 2.31. The molecule has 24 heavy (non-hydrogen) atoms. The van der Waals surface area contributed by atoms with Crippen LogP contribution in [-0.2, 0) is 4.74 Å². The van der Waals surface area contributed by atoms with Gasteiger partial charge in [-0.2, -0.15) is 0 Å². The maximum atomic E-state index is 14.0. The second-order valence-corrected chi connectivity index (χ2v) is 5.32. The number of rotatable bonds is 4. The first-order valence-corrected chi connectivity index (χ1v) is 7.72. The van der Waals surface area contributed by atoms with Crippen LogP contribution >= 0.6 is 0 Å². The minimum atomic E-state index is -0.556. The Balaban J connectivity index is 1.81. The summed E-state index contributed by atoms with van der Waals surface area (Å²) in [5, 5.41) is 7.70. The summed E-state index contributed by atoms with van der Waals surface area (Å²) in [5.41, 5.74) is 0.194. The van der Waals surface area contributed by atoms with Crippen molar-refractivity contribution in [2.45, 2.75) is 20.0 Å². The minimum absolute atomic E-state index is 0.0262. The molecule has 1 saturated heterocycles. The minimum Gasteiger partial charge on any atom is -0.490 e. The fourth-order valence-electron chi connectivity index (χ4n) is 2.56. The molecule has 2 heterocycles. The average Bonchev–Trinajstić information content (AvgIpc) is 3.03. The highest BCUT2D eigenvalue weighted by Crippen LogP contribution is 2.27. The van der Waals surface area contributed by atoms with Gasteiger partial charge in [-0.25, -0.2) is 4.39 Å². The summed E-state index contributed by atoms with van der Waals surface area (Å²) >= 11 is 0. The lowest BCUT2D eigenvalue weighted by Crippen LogP contribution is -2.42.